The highest BCUT2D eigenvalue weighted by Crippen LogP contribution is 2.22. The molecule has 2 aromatic rings. The minimum Gasteiger partial charge on any atom is -0.468 e. The van der Waals surface area contributed by atoms with Crippen LogP contribution in [0.2, 0.25) is 0 Å². The summed E-state index contributed by atoms with van der Waals surface area (Å²) in [4.78, 5) is 28.9. The topological polar surface area (TPSA) is 80.0 Å². The van der Waals surface area contributed by atoms with Gasteiger partial charge in [0.05, 0.1) is 24.4 Å². The molecule has 0 saturated carbocycles. The van der Waals surface area contributed by atoms with E-state index < -0.39 is 11.9 Å². The quantitative estimate of drug-likeness (QED) is 0.380. The van der Waals surface area contributed by atoms with Gasteiger partial charge in [0, 0.05) is 18.2 Å². The number of Topliss-reactive ketones (excluding diaryl/α,β-unsaturated/α-hetero) is 1. The molecule has 2 rings (SSSR count). The zero-order valence-electron chi connectivity index (χ0n) is 15.8. The Morgan fingerprint density at radius 2 is 1.96 bits per heavy atom. The number of hydrogen-bond acceptors (Lipinski definition) is 5. The highest BCUT2D eigenvalue weighted by atomic mass is 16.5. The number of esters is 1. The smallest absolute Gasteiger partial charge is 0.316 e. The third-order valence-electron chi connectivity index (χ3n) is 4.49. The fraction of sp³-hybridized carbons (Fsp3) is 0.364. The maximum absolute atomic E-state index is 12.4. The Bertz CT molecular complexity index is 822. The summed E-state index contributed by atoms with van der Waals surface area (Å²) in [6.45, 7) is 2.07. The number of benzene rings is 1. The van der Waals surface area contributed by atoms with Gasteiger partial charge in [-0.25, -0.2) is 0 Å². The molecule has 0 spiro atoms. The van der Waals surface area contributed by atoms with Crippen molar-refractivity contribution in [2.45, 2.75) is 39.0 Å². The zero-order chi connectivity index (χ0) is 19.6. The average Bonchev–Trinajstić information content (AvgIpc) is 2.72. The maximum atomic E-state index is 12.4. The van der Waals surface area contributed by atoms with Gasteiger partial charge in [-0.2, -0.15) is 5.26 Å². The second-order valence-electron chi connectivity index (χ2n) is 6.41. The van der Waals surface area contributed by atoms with Crippen molar-refractivity contribution in [3.8, 4) is 17.3 Å². The molecule has 1 aromatic carbocycles. The molecule has 1 atom stereocenters. The summed E-state index contributed by atoms with van der Waals surface area (Å²) in [6, 6.07) is 13.1. The van der Waals surface area contributed by atoms with E-state index in [0.29, 0.717) is 17.7 Å². The molecule has 5 heteroatoms. The molecule has 0 fully saturated rings. The Kier molecular flexibility index (Phi) is 7.69. The zero-order valence-corrected chi connectivity index (χ0v) is 15.8. The van der Waals surface area contributed by atoms with Crippen molar-refractivity contribution in [2.24, 2.45) is 5.92 Å². The van der Waals surface area contributed by atoms with E-state index in [4.69, 9.17) is 4.74 Å². The number of methoxy groups -OCH3 is 1. The third-order valence-corrected chi connectivity index (χ3v) is 4.49. The van der Waals surface area contributed by atoms with Crippen LogP contribution >= 0.6 is 0 Å². The molecular weight excluding hydrogens is 340 g/mol. The molecule has 1 heterocycles. The summed E-state index contributed by atoms with van der Waals surface area (Å²) in [7, 11) is 1.30. The first-order valence-corrected chi connectivity index (χ1v) is 9.15. The monoisotopic (exact) mass is 364 g/mol. The molecule has 1 unspecified atom stereocenters. The van der Waals surface area contributed by atoms with E-state index in [9.17, 15) is 14.9 Å². The van der Waals surface area contributed by atoms with Crippen LogP contribution in [-0.4, -0.2) is 23.8 Å². The lowest BCUT2D eigenvalue weighted by molar-refractivity contribution is -0.149. The van der Waals surface area contributed by atoms with Crippen molar-refractivity contribution >= 4 is 11.8 Å². The summed E-state index contributed by atoms with van der Waals surface area (Å²) >= 11 is 0. The number of unbranched alkanes of at least 4 members (excludes halogenated alkanes) is 2. The number of ether oxygens (including phenoxy) is 1. The van der Waals surface area contributed by atoms with Crippen molar-refractivity contribution in [2.75, 3.05) is 7.11 Å². The molecule has 0 aliphatic rings. The number of hydrogen-bond donors (Lipinski definition) is 0. The fourth-order valence-electron chi connectivity index (χ4n) is 2.94. The molecule has 0 saturated heterocycles. The second-order valence-corrected chi connectivity index (χ2v) is 6.41. The predicted molar refractivity (Wildman–Crippen MR) is 103 cm³/mol. The number of rotatable bonds is 9. The van der Waals surface area contributed by atoms with Gasteiger partial charge in [0.2, 0.25) is 0 Å². The van der Waals surface area contributed by atoms with Crippen LogP contribution in [0, 0.1) is 17.2 Å². The molecule has 1 aromatic heterocycles. The second kappa shape index (κ2) is 10.2. The Labute approximate surface area is 160 Å². The molecule has 0 aliphatic carbocycles. The summed E-state index contributed by atoms with van der Waals surface area (Å²) < 4.78 is 4.82. The lowest BCUT2D eigenvalue weighted by Crippen LogP contribution is -2.27. The number of pyridine rings is 1. The first-order valence-electron chi connectivity index (χ1n) is 9.15. The Hall–Kier alpha value is -3.00. The van der Waals surface area contributed by atoms with Gasteiger partial charge in [0.1, 0.15) is 11.7 Å². The molecule has 140 valence electrons. The summed E-state index contributed by atoms with van der Waals surface area (Å²) in [5.74, 6) is -1.39. The van der Waals surface area contributed by atoms with Crippen molar-refractivity contribution in [1.82, 2.24) is 4.98 Å². The normalized spacial score (nSPS) is 11.4. The SMILES string of the molecule is CCCCCC(=O)C(Cc1ccc(-c2ccccc2C#N)nc1)C(=O)OC. The van der Waals surface area contributed by atoms with E-state index in [2.05, 4.69) is 18.0 Å². The largest absolute Gasteiger partial charge is 0.468 e. The lowest BCUT2D eigenvalue weighted by atomic mass is 9.92. The number of carbonyl (C=O) groups is 2. The van der Waals surface area contributed by atoms with E-state index >= 15 is 0 Å². The number of ketones is 1. The van der Waals surface area contributed by atoms with Crippen LogP contribution in [0.1, 0.15) is 43.7 Å². The molecule has 0 N–H and O–H groups in total. The van der Waals surface area contributed by atoms with Gasteiger partial charge in [-0.15, -0.1) is 0 Å². The fourth-order valence-corrected chi connectivity index (χ4v) is 2.94. The van der Waals surface area contributed by atoms with Crippen LogP contribution in [-0.2, 0) is 20.7 Å². The van der Waals surface area contributed by atoms with Gasteiger partial charge < -0.3 is 4.74 Å². The average molecular weight is 364 g/mol. The number of nitrogens with zero attached hydrogens (tertiary/aromatic N) is 2. The number of aromatic nitrogens is 1. The lowest BCUT2D eigenvalue weighted by Gasteiger charge is -2.14. The van der Waals surface area contributed by atoms with E-state index in [1.807, 2.05) is 24.3 Å². The van der Waals surface area contributed by atoms with Crippen LogP contribution in [0.4, 0.5) is 0 Å². The molecule has 0 radical (unpaired) electrons. The van der Waals surface area contributed by atoms with Crippen LogP contribution in [0.5, 0.6) is 0 Å². The molecular formula is C22H24N2O3. The molecule has 27 heavy (non-hydrogen) atoms. The van der Waals surface area contributed by atoms with Gasteiger partial charge in [-0.3, -0.25) is 14.6 Å². The molecule has 5 nitrogen and oxygen atoms in total. The van der Waals surface area contributed by atoms with Gasteiger partial charge in [-0.05, 0) is 30.5 Å². The first-order chi connectivity index (χ1) is 13.1. The highest BCUT2D eigenvalue weighted by Gasteiger charge is 2.27. The van der Waals surface area contributed by atoms with Crippen molar-refractivity contribution in [1.29, 1.82) is 5.26 Å². The van der Waals surface area contributed by atoms with Gasteiger partial charge in [-0.1, -0.05) is 44.0 Å². The predicted octanol–water partition coefficient (Wildman–Crippen LogP) is 4.10. The van der Waals surface area contributed by atoms with Crippen LogP contribution in [0.3, 0.4) is 0 Å². The van der Waals surface area contributed by atoms with Crippen molar-refractivity contribution < 1.29 is 14.3 Å². The summed E-state index contributed by atoms with van der Waals surface area (Å²) in [5, 5.41) is 9.22. The van der Waals surface area contributed by atoms with E-state index in [1.165, 1.54) is 7.11 Å². The van der Waals surface area contributed by atoms with Crippen LogP contribution in [0.25, 0.3) is 11.3 Å². The van der Waals surface area contributed by atoms with Crippen molar-refractivity contribution in [3.63, 3.8) is 0 Å². The summed E-state index contributed by atoms with van der Waals surface area (Å²) in [5.41, 5.74) is 2.77. The number of nitriles is 1. The van der Waals surface area contributed by atoms with Crippen LogP contribution < -0.4 is 0 Å². The molecule has 0 bridgehead atoms. The minimum atomic E-state index is -0.800. The van der Waals surface area contributed by atoms with Gasteiger partial charge >= 0.3 is 5.97 Å². The van der Waals surface area contributed by atoms with Crippen molar-refractivity contribution in [3.05, 3.63) is 53.7 Å². The number of carbonyl (C=O) groups excluding carboxylic acids is 2. The van der Waals surface area contributed by atoms with E-state index in [0.717, 1.165) is 30.4 Å². The van der Waals surface area contributed by atoms with Gasteiger partial charge in [0.25, 0.3) is 0 Å². The third kappa shape index (κ3) is 5.49. The van der Waals surface area contributed by atoms with Crippen LogP contribution in [0.15, 0.2) is 42.6 Å². The molecule has 0 aliphatic heterocycles. The standard InChI is InChI=1S/C22H24N2O3/c1-3-4-5-10-21(25)19(22(26)27-2)13-16-11-12-20(24-15-16)18-9-7-6-8-17(18)14-23/h6-9,11-12,15,19H,3-5,10,13H2,1-2H3. The van der Waals surface area contributed by atoms with E-state index in [1.54, 1.807) is 18.3 Å². The Balaban J connectivity index is 2.15. The Morgan fingerprint density at radius 1 is 1.19 bits per heavy atom. The highest BCUT2D eigenvalue weighted by molar-refractivity contribution is 5.99. The molecule has 0 amide bonds. The summed E-state index contributed by atoms with van der Waals surface area (Å²) in [6.07, 6.45) is 5.07. The van der Waals surface area contributed by atoms with Gasteiger partial charge in [0.15, 0.2) is 0 Å². The Morgan fingerprint density at radius 3 is 2.59 bits per heavy atom. The maximum Gasteiger partial charge on any atom is 0.316 e. The minimum absolute atomic E-state index is 0.0887. The van der Waals surface area contributed by atoms with E-state index in [-0.39, 0.29) is 12.2 Å². The first kappa shape index (κ1) is 20.3.